The van der Waals surface area contributed by atoms with Crippen molar-refractivity contribution in [3.8, 4) is 22.9 Å². The summed E-state index contributed by atoms with van der Waals surface area (Å²) in [5.41, 5.74) is 9.74. The van der Waals surface area contributed by atoms with Gasteiger partial charge in [-0.3, -0.25) is 9.78 Å². The molecule has 3 aromatic rings. The number of aromatic amines is 1. The lowest BCUT2D eigenvalue weighted by Crippen LogP contribution is -2.10. The first-order chi connectivity index (χ1) is 13.9. The molecule has 2 heterocycles. The van der Waals surface area contributed by atoms with Crippen LogP contribution in [-0.4, -0.2) is 34.2 Å². The van der Waals surface area contributed by atoms with Crippen LogP contribution in [0.4, 0.5) is 14.5 Å². The van der Waals surface area contributed by atoms with E-state index in [1.165, 1.54) is 20.3 Å². The van der Waals surface area contributed by atoms with Gasteiger partial charge < -0.3 is 15.2 Å². The molecular weight excluding hydrogens is 380 g/mol. The Morgan fingerprint density at radius 1 is 1.17 bits per heavy atom. The number of ether oxygens (including phenoxy) is 2. The summed E-state index contributed by atoms with van der Waals surface area (Å²) < 4.78 is 41.8. The summed E-state index contributed by atoms with van der Waals surface area (Å²) in [4.78, 5) is 0. The van der Waals surface area contributed by atoms with E-state index in [1.54, 1.807) is 17.9 Å². The van der Waals surface area contributed by atoms with Crippen LogP contribution < -0.4 is 15.2 Å². The molecule has 1 unspecified atom stereocenters. The number of nitrogens with zero attached hydrogens (tertiary/aromatic N) is 3. The van der Waals surface area contributed by atoms with Crippen molar-refractivity contribution in [2.45, 2.75) is 31.6 Å². The zero-order chi connectivity index (χ0) is 20.7. The van der Waals surface area contributed by atoms with Gasteiger partial charge >= 0.3 is 0 Å². The lowest BCUT2D eigenvalue weighted by atomic mass is 9.90. The SMILES string of the molecule is COc1cc(OC)c(F)c(C2CCCc3c(-c4nn(C)cc4N)n[nH]c3C2)c1F. The Balaban J connectivity index is 1.75. The fraction of sp³-hybridized carbons (Fsp3) is 0.400. The van der Waals surface area contributed by atoms with Crippen molar-refractivity contribution in [1.82, 2.24) is 20.0 Å². The van der Waals surface area contributed by atoms with Gasteiger partial charge in [0.2, 0.25) is 0 Å². The number of aromatic nitrogens is 4. The average Bonchev–Trinajstić information content (AvgIpc) is 3.16. The number of aryl methyl sites for hydroxylation is 1. The standard InChI is InChI=1S/C20H23F2N5O2/c1-27-9-12(23)20(26-27)19-11-6-4-5-10(7-13(11)24-25-19)16-17(21)14(28-2)8-15(29-3)18(16)22/h8-10H,4-7,23H2,1-3H3,(H,24,25). The molecule has 3 N–H and O–H groups in total. The van der Waals surface area contributed by atoms with Crippen LogP contribution in [0.2, 0.25) is 0 Å². The second-order valence-electron chi connectivity index (χ2n) is 7.25. The monoisotopic (exact) mass is 403 g/mol. The van der Waals surface area contributed by atoms with Crippen LogP contribution >= 0.6 is 0 Å². The first-order valence-corrected chi connectivity index (χ1v) is 9.40. The third kappa shape index (κ3) is 3.20. The highest BCUT2D eigenvalue weighted by Crippen LogP contribution is 2.41. The molecule has 1 aromatic carbocycles. The predicted octanol–water partition coefficient (Wildman–Crippen LogP) is 3.35. The van der Waals surface area contributed by atoms with E-state index in [-0.39, 0.29) is 23.0 Å². The van der Waals surface area contributed by atoms with E-state index in [0.717, 1.165) is 24.1 Å². The van der Waals surface area contributed by atoms with Gasteiger partial charge in [-0.05, 0) is 31.6 Å². The molecule has 0 amide bonds. The van der Waals surface area contributed by atoms with Crippen molar-refractivity contribution in [3.05, 3.63) is 40.7 Å². The smallest absolute Gasteiger partial charge is 0.171 e. The van der Waals surface area contributed by atoms with Gasteiger partial charge in [0.1, 0.15) is 11.4 Å². The molecule has 0 saturated carbocycles. The summed E-state index contributed by atoms with van der Waals surface area (Å²) >= 11 is 0. The lowest BCUT2D eigenvalue weighted by Gasteiger charge is -2.19. The molecule has 154 valence electrons. The van der Waals surface area contributed by atoms with Crippen LogP contribution in [0, 0.1) is 11.6 Å². The summed E-state index contributed by atoms with van der Waals surface area (Å²) in [7, 11) is 4.50. The van der Waals surface area contributed by atoms with E-state index in [1.807, 2.05) is 0 Å². The third-order valence-corrected chi connectivity index (χ3v) is 5.48. The maximum atomic E-state index is 15.0. The van der Waals surface area contributed by atoms with E-state index < -0.39 is 11.6 Å². The van der Waals surface area contributed by atoms with Crippen molar-refractivity contribution in [3.63, 3.8) is 0 Å². The van der Waals surface area contributed by atoms with Gasteiger partial charge in [0, 0.05) is 36.1 Å². The number of benzene rings is 1. The number of hydrogen-bond acceptors (Lipinski definition) is 5. The molecule has 9 heteroatoms. The Bertz CT molecular complexity index is 1030. The fourth-order valence-electron chi connectivity index (χ4n) is 4.11. The quantitative estimate of drug-likeness (QED) is 0.652. The number of rotatable bonds is 4. The first kappa shape index (κ1) is 19.2. The van der Waals surface area contributed by atoms with Gasteiger partial charge in [-0.25, -0.2) is 8.78 Å². The highest BCUT2D eigenvalue weighted by molar-refractivity contribution is 5.72. The molecule has 2 aromatic heterocycles. The Morgan fingerprint density at radius 3 is 2.45 bits per heavy atom. The van der Waals surface area contributed by atoms with Gasteiger partial charge in [-0.1, -0.05) is 0 Å². The second kappa shape index (κ2) is 7.38. The molecular formula is C20H23F2N5O2. The number of halogens is 2. The summed E-state index contributed by atoms with van der Waals surface area (Å²) in [5, 5.41) is 11.8. The molecule has 1 aliphatic rings. The minimum absolute atomic E-state index is 0.0115. The molecule has 29 heavy (non-hydrogen) atoms. The molecule has 1 atom stereocenters. The lowest BCUT2D eigenvalue weighted by molar-refractivity contribution is 0.348. The zero-order valence-corrected chi connectivity index (χ0v) is 16.6. The summed E-state index contributed by atoms with van der Waals surface area (Å²) in [6, 6.07) is 1.23. The topological polar surface area (TPSA) is 91.0 Å². The molecule has 0 saturated heterocycles. The number of nitrogens with one attached hydrogen (secondary N) is 1. The largest absolute Gasteiger partial charge is 0.494 e. The maximum Gasteiger partial charge on any atom is 0.171 e. The Morgan fingerprint density at radius 2 is 1.86 bits per heavy atom. The molecule has 0 bridgehead atoms. The normalized spacial score (nSPS) is 16.4. The molecule has 4 rings (SSSR count). The minimum Gasteiger partial charge on any atom is -0.494 e. The van der Waals surface area contributed by atoms with Gasteiger partial charge in [-0.2, -0.15) is 10.2 Å². The number of hydrogen-bond donors (Lipinski definition) is 2. The van der Waals surface area contributed by atoms with Crippen molar-refractivity contribution in [1.29, 1.82) is 0 Å². The van der Waals surface area contributed by atoms with Gasteiger partial charge in [0.15, 0.2) is 23.1 Å². The van der Waals surface area contributed by atoms with Gasteiger partial charge in [0.05, 0.1) is 19.9 Å². The van der Waals surface area contributed by atoms with Crippen LogP contribution in [0.1, 0.15) is 35.6 Å². The van der Waals surface area contributed by atoms with Gasteiger partial charge in [0.25, 0.3) is 0 Å². The summed E-state index contributed by atoms with van der Waals surface area (Å²) in [5.74, 6) is -1.82. The van der Waals surface area contributed by atoms with Crippen molar-refractivity contribution >= 4 is 5.69 Å². The van der Waals surface area contributed by atoms with Crippen molar-refractivity contribution in [2.24, 2.45) is 7.05 Å². The van der Waals surface area contributed by atoms with Gasteiger partial charge in [-0.15, -0.1) is 0 Å². The predicted molar refractivity (Wildman–Crippen MR) is 104 cm³/mol. The molecule has 1 aliphatic carbocycles. The van der Waals surface area contributed by atoms with Crippen LogP contribution in [0.25, 0.3) is 11.4 Å². The fourth-order valence-corrected chi connectivity index (χ4v) is 4.11. The number of anilines is 1. The maximum absolute atomic E-state index is 15.0. The van der Waals surface area contributed by atoms with E-state index in [2.05, 4.69) is 15.3 Å². The van der Waals surface area contributed by atoms with Crippen LogP contribution in [0.15, 0.2) is 12.3 Å². The highest BCUT2D eigenvalue weighted by Gasteiger charge is 2.31. The average molecular weight is 403 g/mol. The van der Waals surface area contributed by atoms with Crippen LogP contribution in [0.5, 0.6) is 11.5 Å². The Labute approximate surface area is 166 Å². The number of fused-ring (bicyclic) bond motifs is 1. The van der Waals surface area contributed by atoms with E-state index in [0.29, 0.717) is 29.9 Å². The first-order valence-electron chi connectivity index (χ1n) is 9.40. The number of methoxy groups -OCH3 is 2. The summed E-state index contributed by atoms with van der Waals surface area (Å²) in [6.45, 7) is 0. The minimum atomic E-state index is -0.687. The summed E-state index contributed by atoms with van der Waals surface area (Å²) in [6.07, 6.45) is 4.22. The Kier molecular flexibility index (Phi) is 4.89. The number of H-pyrrole nitrogens is 1. The van der Waals surface area contributed by atoms with E-state index in [9.17, 15) is 8.78 Å². The molecule has 0 aliphatic heterocycles. The molecule has 0 fully saturated rings. The molecule has 0 spiro atoms. The molecule has 7 nitrogen and oxygen atoms in total. The van der Waals surface area contributed by atoms with Crippen molar-refractivity contribution in [2.75, 3.05) is 20.0 Å². The zero-order valence-electron chi connectivity index (χ0n) is 16.6. The number of nitrogen functional groups attached to an aromatic ring is 1. The van der Waals surface area contributed by atoms with E-state index in [4.69, 9.17) is 15.2 Å². The van der Waals surface area contributed by atoms with Crippen LogP contribution in [-0.2, 0) is 19.9 Å². The Hall–Kier alpha value is -3.10. The highest BCUT2D eigenvalue weighted by atomic mass is 19.1. The molecule has 0 radical (unpaired) electrons. The van der Waals surface area contributed by atoms with E-state index >= 15 is 0 Å². The number of nitrogens with two attached hydrogens (primary N) is 1. The third-order valence-electron chi connectivity index (χ3n) is 5.48. The van der Waals surface area contributed by atoms with Crippen molar-refractivity contribution < 1.29 is 18.3 Å². The van der Waals surface area contributed by atoms with Crippen LogP contribution in [0.3, 0.4) is 0 Å². The second-order valence-corrected chi connectivity index (χ2v) is 7.25.